The molecule has 0 aliphatic rings. The number of ether oxygens (including phenoxy) is 2. The summed E-state index contributed by atoms with van der Waals surface area (Å²) in [6, 6.07) is 21.9. The molecule has 0 aromatic heterocycles. The van der Waals surface area contributed by atoms with Crippen LogP contribution in [0.3, 0.4) is 0 Å². The van der Waals surface area contributed by atoms with Crippen molar-refractivity contribution in [2.45, 2.75) is 117 Å². The van der Waals surface area contributed by atoms with Crippen LogP contribution in [0.5, 0.6) is 5.75 Å². The van der Waals surface area contributed by atoms with E-state index < -0.39 is 60.4 Å². The van der Waals surface area contributed by atoms with Crippen molar-refractivity contribution < 1.29 is 38.6 Å². The Morgan fingerprint density at radius 3 is 1.74 bits per heavy atom. The van der Waals surface area contributed by atoms with Gasteiger partial charge in [0.25, 0.3) is 0 Å². The van der Waals surface area contributed by atoms with E-state index in [-0.39, 0.29) is 43.1 Å². The number of esters is 1. The van der Waals surface area contributed by atoms with Crippen LogP contribution in [0.25, 0.3) is 0 Å². The van der Waals surface area contributed by atoms with Crippen LogP contribution in [0.1, 0.15) is 84.4 Å². The number of rotatable bonds is 23. The zero-order chi connectivity index (χ0) is 41.9. The number of carbonyl (C=O) groups is 5. The second kappa shape index (κ2) is 23.7. The maximum atomic E-state index is 13.9. The average Bonchev–Trinajstić information content (AvgIpc) is 3.20. The molecule has 57 heavy (non-hydrogen) atoms. The lowest BCUT2D eigenvalue weighted by Gasteiger charge is -2.30. The van der Waals surface area contributed by atoms with Crippen LogP contribution in [-0.2, 0) is 48.2 Å². The maximum absolute atomic E-state index is 13.9. The summed E-state index contributed by atoms with van der Waals surface area (Å²) in [6.07, 6.45) is -0.424. The Balaban J connectivity index is 1.74. The second-order valence-electron chi connectivity index (χ2n) is 15.0. The van der Waals surface area contributed by atoms with Crippen molar-refractivity contribution in [2.75, 3.05) is 6.61 Å². The molecule has 0 unspecified atom stereocenters. The number of hydrogen-bond donors (Lipinski definition) is 5. The van der Waals surface area contributed by atoms with Gasteiger partial charge >= 0.3 is 5.97 Å². The third-order valence-corrected chi connectivity index (χ3v) is 10.1. The van der Waals surface area contributed by atoms with Crippen LogP contribution in [0, 0.1) is 17.8 Å². The van der Waals surface area contributed by atoms with Crippen LogP contribution in [0.4, 0.5) is 0 Å². The molecule has 0 saturated heterocycles. The fourth-order valence-electron chi connectivity index (χ4n) is 6.27. The van der Waals surface area contributed by atoms with E-state index in [0.717, 1.165) is 16.7 Å². The molecule has 0 spiro atoms. The van der Waals surface area contributed by atoms with Gasteiger partial charge in [0, 0.05) is 0 Å². The minimum Gasteiger partial charge on any atom is -0.494 e. The minimum absolute atomic E-state index is 0.0368. The largest absolute Gasteiger partial charge is 0.494 e. The molecule has 5 N–H and O–H groups in total. The molecule has 0 fully saturated rings. The number of hydrogen-bond acceptors (Lipinski definition) is 8. The highest BCUT2D eigenvalue weighted by molar-refractivity contribution is 5.91. The molecule has 0 aliphatic heterocycles. The molecule has 3 rings (SSSR count). The zero-order valence-electron chi connectivity index (χ0n) is 34.5. The normalized spacial score (nSPS) is 14.8. The molecule has 0 heterocycles. The molecule has 0 aliphatic carbocycles. The van der Waals surface area contributed by atoms with Crippen molar-refractivity contribution in [1.29, 1.82) is 0 Å². The molecule has 4 amide bonds. The van der Waals surface area contributed by atoms with Crippen molar-refractivity contribution in [3.63, 3.8) is 0 Å². The molecular formula is C45H62N4O8. The summed E-state index contributed by atoms with van der Waals surface area (Å²) in [7, 11) is 0. The van der Waals surface area contributed by atoms with Gasteiger partial charge in [0.2, 0.25) is 23.6 Å². The van der Waals surface area contributed by atoms with Crippen LogP contribution in [-0.4, -0.2) is 71.6 Å². The van der Waals surface area contributed by atoms with Gasteiger partial charge in [-0.2, -0.15) is 0 Å². The zero-order valence-corrected chi connectivity index (χ0v) is 34.5. The topological polar surface area (TPSA) is 172 Å². The number of nitrogens with one attached hydrogen (secondary N) is 4. The van der Waals surface area contributed by atoms with E-state index in [1.165, 1.54) is 0 Å². The highest BCUT2D eigenvalue weighted by Gasteiger charge is 2.34. The molecule has 0 radical (unpaired) electrons. The summed E-state index contributed by atoms with van der Waals surface area (Å²) in [5.74, 6) is -2.80. The predicted octanol–water partition coefficient (Wildman–Crippen LogP) is 5.05. The monoisotopic (exact) mass is 786 g/mol. The van der Waals surface area contributed by atoms with E-state index in [1.807, 2.05) is 113 Å². The van der Waals surface area contributed by atoms with Crippen molar-refractivity contribution in [1.82, 2.24) is 21.3 Å². The van der Waals surface area contributed by atoms with Crippen LogP contribution < -0.4 is 26.0 Å². The van der Waals surface area contributed by atoms with Gasteiger partial charge in [-0.15, -0.1) is 0 Å². The van der Waals surface area contributed by atoms with E-state index in [9.17, 15) is 29.1 Å². The molecule has 0 bridgehead atoms. The SMILES string of the molecule is CCOc1cccc(CC(=O)N[C@H](C(=O)N[C@@H](Cc2ccccc2)[C@@H](O)CC(=O)N[C@H](C(=O)N[C@H](C(=O)OCc2ccccc2)C(C)C)[C@@H](C)CC)[C@@H](C)CC)c1. The van der Waals surface area contributed by atoms with Crippen molar-refractivity contribution in [3.8, 4) is 5.75 Å². The van der Waals surface area contributed by atoms with Gasteiger partial charge < -0.3 is 35.8 Å². The minimum atomic E-state index is -1.36. The summed E-state index contributed by atoms with van der Waals surface area (Å²) in [5, 5.41) is 23.0. The second-order valence-corrected chi connectivity index (χ2v) is 15.0. The standard InChI is InChI=1S/C45H62N4O8/c1-8-30(6)41(47-38(51)26-34-22-17-23-35(24-34)56-10-3)43(53)46-36(25-32-18-13-11-14-19-32)37(50)27-39(52)48-42(31(7)9-2)44(54)49-40(29(4)5)45(55)57-28-33-20-15-12-16-21-33/h11-24,29-31,36-37,40-42,50H,8-10,25-28H2,1-7H3,(H,46,53)(H,47,51)(H,48,52)(H,49,54)/t30-,31-,36-,37-,40-,41-,42-/m0/s1. The van der Waals surface area contributed by atoms with Crippen LogP contribution >= 0.6 is 0 Å². The van der Waals surface area contributed by atoms with E-state index in [2.05, 4.69) is 21.3 Å². The Morgan fingerprint density at radius 1 is 0.632 bits per heavy atom. The van der Waals surface area contributed by atoms with E-state index in [4.69, 9.17) is 9.47 Å². The van der Waals surface area contributed by atoms with Gasteiger partial charge in [0.05, 0.1) is 31.6 Å². The van der Waals surface area contributed by atoms with Crippen LogP contribution in [0.2, 0.25) is 0 Å². The Bertz CT molecular complexity index is 1720. The van der Waals surface area contributed by atoms with E-state index >= 15 is 0 Å². The Kier molecular flexibility index (Phi) is 19.2. The molecule has 3 aromatic rings. The number of benzene rings is 3. The lowest BCUT2D eigenvalue weighted by Crippen LogP contribution is -2.57. The third kappa shape index (κ3) is 15.3. The highest BCUT2D eigenvalue weighted by Crippen LogP contribution is 2.17. The molecule has 3 aromatic carbocycles. The molecule has 12 heteroatoms. The molecular weight excluding hydrogens is 725 g/mol. The fraction of sp³-hybridized carbons (Fsp3) is 0.489. The summed E-state index contributed by atoms with van der Waals surface area (Å²) < 4.78 is 11.1. The first-order valence-corrected chi connectivity index (χ1v) is 20.1. The van der Waals surface area contributed by atoms with Crippen molar-refractivity contribution >= 4 is 29.6 Å². The quantitative estimate of drug-likeness (QED) is 0.0832. The van der Waals surface area contributed by atoms with Gasteiger partial charge in [0.15, 0.2) is 0 Å². The van der Waals surface area contributed by atoms with E-state index in [0.29, 0.717) is 25.2 Å². The summed E-state index contributed by atoms with van der Waals surface area (Å²) in [6.45, 7) is 13.5. The number of carbonyl (C=O) groups excluding carboxylic acids is 5. The summed E-state index contributed by atoms with van der Waals surface area (Å²) >= 11 is 0. The molecule has 12 nitrogen and oxygen atoms in total. The van der Waals surface area contributed by atoms with Crippen LogP contribution in [0.15, 0.2) is 84.9 Å². The summed E-state index contributed by atoms with van der Waals surface area (Å²) in [5.41, 5.74) is 2.36. The van der Waals surface area contributed by atoms with Gasteiger partial charge in [0.1, 0.15) is 30.5 Å². The lowest BCUT2D eigenvalue weighted by molar-refractivity contribution is -0.150. The predicted molar refractivity (Wildman–Crippen MR) is 220 cm³/mol. The number of amides is 4. The first-order chi connectivity index (χ1) is 27.3. The van der Waals surface area contributed by atoms with E-state index in [1.54, 1.807) is 19.9 Å². The highest BCUT2D eigenvalue weighted by atomic mass is 16.5. The molecule has 0 saturated carbocycles. The molecule has 7 atom stereocenters. The average molecular weight is 787 g/mol. The molecule has 310 valence electrons. The van der Waals surface area contributed by atoms with Gasteiger partial charge in [-0.3, -0.25) is 19.2 Å². The Morgan fingerprint density at radius 2 is 1.18 bits per heavy atom. The van der Waals surface area contributed by atoms with Gasteiger partial charge in [-0.25, -0.2) is 4.79 Å². The van der Waals surface area contributed by atoms with Gasteiger partial charge in [-0.05, 0) is 59.9 Å². The van der Waals surface area contributed by atoms with Crippen molar-refractivity contribution in [2.24, 2.45) is 17.8 Å². The third-order valence-electron chi connectivity index (χ3n) is 10.1. The Hall–Kier alpha value is -5.23. The fourth-order valence-corrected chi connectivity index (χ4v) is 6.27. The first kappa shape index (κ1) is 46.2. The maximum Gasteiger partial charge on any atom is 0.329 e. The Labute approximate surface area is 337 Å². The summed E-state index contributed by atoms with van der Waals surface area (Å²) in [4.78, 5) is 67.6. The lowest BCUT2D eigenvalue weighted by atomic mass is 9.94. The first-order valence-electron chi connectivity index (χ1n) is 20.1. The number of aliphatic hydroxyl groups excluding tert-OH is 1. The van der Waals surface area contributed by atoms with Gasteiger partial charge in [-0.1, -0.05) is 127 Å². The van der Waals surface area contributed by atoms with Crippen molar-refractivity contribution in [3.05, 3.63) is 102 Å². The number of aliphatic hydroxyl groups is 1. The smallest absolute Gasteiger partial charge is 0.329 e.